The molecule has 2 heterocycles. The summed E-state index contributed by atoms with van der Waals surface area (Å²) in [6, 6.07) is 9.69. The third-order valence-electron chi connectivity index (χ3n) is 5.38. The number of sulfonamides is 1. The van der Waals surface area contributed by atoms with Gasteiger partial charge in [0, 0.05) is 49.7 Å². The minimum Gasteiger partial charge on any atom is -0.508 e. The largest absolute Gasteiger partial charge is 0.508 e. The fourth-order valence-corrected chi connectivity index (χ4v) is 5.15. The quantitative estimate of drug-likeness (QED) is 0.637. The Kier molecular flexibility index (Phi) is 5.35. The number of hydrogen-bond donors (Lipinski definition) is 1. The summed E-state index contributed by atoms with van der Waals surface area (Å²) in [5, 5.41) is 10.6. The molecule has 1 N–H and O–H groups in total. The van der Waals surface area contributed by atoms with Gasteiger partial charge in [0.25, 0.3) is 0 Å². The van der Waals surface area contributed by atoms with Crippen molar-refractivity contribution in [2.24, 2.45) is 0 Å². The van der Waals surface area contributed by atoms with Gasteiger partial charge in [0.15, 0.2) is 0 Å². The number of phenolic OH excluding ortho intramolecular Hbond substituents is 1. The standard InChI is InChI=1S/C21H21FN2O5S/c1-14-19(25)6-5-18-15(11-20(26)29-21(14)18)13-23-7-9-24(10-8-23)30(27,28)17-4-2-3-16(22)12-17/h2-6,11-12,25H,7-10,13H2,1H3. The van der Waals surface area contributed by atoms with Crippen molar-refractivity contribution in [3.8, 4) is 5.75 Å². The molecule has 0 spiro atoms. The van der Waals surface area contributed by atoms with E-state index in [1.54, 1.807) is 19.1 Å². The zero-order chi connectivity index (χ0) is 21.5. The van der Waals surface area contributed by atoms with Gasteiger partial charge < -0.3 is 9.52 Å². The monoisotopic (exact) mass is 432 g/mol. The Morgan fingerprint density at radius 3 is 2.53 bits per heavy atom. The van der Waals surface area contributed by atoms with E-state index in [0.717, 1.165) is 17.0 Å². The predicted molar refractivity (Wildman–Crippen MR) is 109 cm³/mol. The van der Waals surface area contributed by atoms with Gasteiger partial charge in [-0.1, -0.05) is 6.07 Å². The molecule has 9 heteroatoms. The number of benzene rings is 2. The average molecular weight is 432 g/mol. The van der Waals surface area contributed by atoms with Crippen molar-refractivity contribution >= 4 is 21.0 Å². The molecule has 1 aliphatic rings. The molecule has 7 nitrogen and oxygen atoms in total. The van der Waals surface area contributed by atoms with Crippen LogP contribution in [0.5, 0.6) is 5.75 Å². The predicted octanol–water partition coefficient (Wildman–Crippen LogP) is 2.45. The molecule has 1 saturated heterocycles. The van der Waals surface area contributed by atoms with Gasteiger partial charge in [0.1, 0.15) is 17.1 Å². The summed E-state index contributed by atoms with van der Waals surface area (Å²) >= 11 is 0. The molecule has 158 valence electrons. The molecule has 0 saturated carbocycles. The SMILES string of the molecule is Cc1c(O)ccc2c(CN3CCN(S(=O)(=O)c4cccc(F)c4)CC3)cc(=O)oc12. The zero-order valence-corrected chi connectivity index (χ0v) is 17.2. The normalized spacial score (nSPS) is 16.2. The number of aromatic hydroxyl groups is 1. The van der Waals surface area contributed by atoms with Crippen LogP contribution in [0, 0.1) is 12.7 Å². The number of phenols is 1. The van der Waals surface area contributed by atoms with Crippen LogP contribution in [-0.2, 0) is 16.6 Å². The van der Waals surface area contributed by atoms with Crippen LogP contribution in [0.2, 0.25) is 0 Å². The van der Waals surface area contributed by atoms with Crippen LogP contribution in [0.1, 0.15) is 11.1 Å². The van der Waals surface area contributed by atoms with Crippen molar-refractivity contribution in [1.82, 2.24) is 9.21 Å². The average Bonchev–Trinajstić information content (AvgIpc) is 2.71. The molecule has 1 aromatic heterocycles. The topological polar surface area (TPSA) is 91.1 Å². The molecule has 2 aromatic carbocycles. The first-order valence-electron chi connectivity index (χ1n) is 9.49. The Hall–Kier alpha value is -2.75. The maximum atomic E-state index is 13.4. The molecule has 0 radical (unpaired) electrons. The van der Waals surface area contributed by atoms with E-state index >= 15 is 0 Å². The zero-order valence-electron chi connectivity index (χ0n) is 16.3. The maximum absolute atomic E-state index is 13.4. The van der Waals surface area contributed by atoms with Crippen LogP contribution in [0.4, 0.5) is 4.39 Å². The van der Waals surface area contributed by atoms with E-state index < -0.39 is 21.5 Å². The highest BCUT2D eigenvalue weighted by atomic mass is 32.2. The lowest BCUT2D eigenvalue weighted by Crippen LogP contribution is -2.48. The van der Waals surface area contributed by atoms with Crippen molar-refractivity contribution in [2.45, 2.75) is 18.4 Å². The van der Waals surface area contributed by atoms with E-state index in [-0.39, 0.29) is 23.7 Å². The number of piperazine rings is 1. The number of hydrogen-bond acceptors (Lipinski definition) is 6. The third-order valence-corrected chi connectivity index (χ3v) is 7.27. The summed E-state index contributed by atoms with van der Waals surface area (Å²) in [4.78, 5) is 14.0. The number of aryl methyl sites for hydroxylation is 1. The van der Waals surface area contributed by atoms with Crippen LogP contribution in [0.25, 0.3) is 11.0 Å². The Bertz CT molecular complexity index is 1260. The van der Waals surface area contributed by atoms with Gasteiger partial charge in [-0.3, -0.25) is 4.90 Å². The minimum absolute atomic E-state index is 0.0546. The number of fused-ring (bicyclic) bond motifs is 1. The summed E-state index contributed by atoms with van der Waals surface area (Å²) in [7, 11) is -3.76. The van der Waals surface area contributed by atoms with Crippen molar-refractivity contribution in [3.05, 3.63) is 69.8 Å². The second-order valence-corrected chi connectivity index (χ2v) is 9.25. The molecule has 3 aromatic rings. The number of nitrogens with zero attached hydrogens (tertiary/aromatic N) is 2. The van der Waals surface area contributed by atoms with E-state index in [2.05, 4.69) is 0 Å². The van der Waals surface area contributed by atoms with Crippen molar-refractivity contribution in [3.63, 3.8) is 0 Å². The number of halogens is 1. The lowest BCUT2D eigenvalue weighted by atomic mass is 10.1. The van der Waals surface area contributed by atoms with Crippen LogP contribution < -0.4 is 5.63 Å². The van der Waals surface area contributed by atoms with Gasteiger partial charge in [-0.2, -0.15) is 4.31 Å². The highest BCUT2D eigenvalue weighted by Crippen LogP contribution is 2.28. The van der Waals surface area contributed by atoms with Gasteiger partial charge in [0.2, 0.25) is 10.0 Å². The summed E-state index contributed by atoms with van der Waals surface area (Å²) in [5.41, 5.74) is 1.10. The summed E-state index contributed by atoms with van der Waals surface area (Å²) < 4.78 is 45.6. The first-order valence-corrected chi connectivity index (χ1v) is 10.9. The second-order valence-electron chi connectivity index (χ2n) is 7.31. The van der Waals surface area contributed by atoms with E-state index in [9.17, 15) is 22.7 Å². The Morgan fingerprint density at radius 1 is 1.10 bits per heavy atom. The van der Waals surface area contributed by atoms with E-state index in [1.165, 1.54) is 28.6 Å². The van der Waals surface area contributed by atoms with Gasteiger partial charge in [0.05, 0.1) is 4.90 Å². The molecule has 0 unspecified atom stereocenters. The van der Waals surface area contributed by atoms with E-state index in [1.807, 2.05) is 4.90 Å². The van der Waals surface area contributed by atoms with E-state index in [4.69, 9.17) is 4.42 Å². The van der Waals surface area contributed by atoms with Gasteiger partial charge in [-0.25, -0.2) is 17.6 Å². The van der Waals surface area contributed by atoms with E-state index in [0.29, 0.717) is 30.8 Å². The molecular formula is C21H21FN2O5S. The van der Waals surface area contributed by atoms with Crippen LogP contribution in [-0.4, -0.2) is 48.9 Å². The number of rotatable bonds is 4. The van der Waals surface area contributed by atoms with Gasteiger partial charge >= 0.3 is 5.63 Å². The molecule has 0 amide bonds. The minimum atomic E-state index is -3.76. The molecule has 1 aliphatic heterocycles. The van der Waals surface area contributed by atoms with Crippen molar-refractivity contribution in [2.75, 3.05) is 26.2 Å². The lowest BCUT2D eigenvalue weighted by Gasteiger charge is -2.34. The van der Waals surface area contributed by atoms with Crippen LogP contribution >= 0.6 is 0 Å². The first-order chi connectivity index (χ1) is 14.3. The smallest absolute Gasteiger partial charge is 0.336 e. The highest BCUT2D eigenvalue weighted by molar-refractivity contribution is 7.89. The van der Waals surface area contributed by atoms with Gasteiger partial charge in [-0.05, 0) is 42.8 Å². The Labute approximate surface area is 173 Å². The molecule has 4 rings (SSSR count). The van der Waals surface area contributed by atoms with Crippen molar-refractivity contribution < 1.29 is 22.3 Å². The molecule has 0 atom stereocenters. The van der Waals surface area contributed by atoms with Crippen LogP contribution in [0.3, 0.4) is 0 Å². The maximum Gasteiger partial charge on any atom is 0.336 e. The molecule has 0 bridgehead atoms. The fraction of sp³-hybridized carbons (Fsp3) is 0.286. The molecule has 1 fully saturated rings. The van der Waals surface area contributed by atoms with Gasteiger partial charge in [-0.15, -0.1) is 0 Å². The second kappa shape index (κ2) is 7.82. The molecule has 30 heavy (non-hydrogen) atoms. The summed E-state index contributed by atoms with van der Waals surface area (Å²) in [6.45, 7) is 3.58. The van der Waals surface area contributed by atoms with Crippen molar-refractivity contribution in [1.29, 1.82) is 0 Å². The van der Waals surface area contributed by atoms with Crippen LogP contribution in [0.15, 0.2) is 56.6 Å². The Morgan fingerprint density at radius 2 is 1.83 bits per heavy atom. The molecular weight excluding hydrogens is 411 g/mol. The lowest BCUT2D eigenvalue weighted by molar-refractivity contribution is 0.182. The first kappa shape index (κ1) is 20.5. The Balaban J connectivity index is 1.52. The summed E-state index contributed by atoms with van der Waals surface area (Å²) in [6.07, 6.45) is 0. The molecule has 0 aliphatic carbocycles. The highest BCUT2D eigenvalue weighted by Gasteiger charge is 2.29. The fourth-order valence-electron chi connectivity index (χ4n) is 3.69. The summed E-state index contributed by atoms with van der Waals surface area (Å²) in [5.74, 6) is -0.537. The third kappa shape index (κ3) is 3.83.